The Morgan fingerprint density at radius 3 is 1.75 bits per heavy atom. The normalized spacial score (nSPS) is 13.3. The fraction of sp³-hybridized carbons (Fsp3) is 0.625. The highest BCUT2D eigenvalue weighted by Crippen LogP contribution is 2.29. The minimum absolute atomic E-state index is 0.786. The van der Waals surface area contributed by atoms with E-state index < -0.39 is 38.2 Å². The molecule has 0 aliphatic heterocycles. The Labute approximate surface area is 143 Å². The van der Waals surface area contributed by atoms with Crippen LogP contribution in [0.4, 0.5) is 0 Å². The van der Waals surface area contributed by atoms with Gasteiger partial charge in [-0.05, 0) is 0 Å². The first-order valence-corrected chi connectivity index (χ1v) is 6.76. The Hall–Kier alpha value is 0.150. The van der Waals surface area contributed by atoms with Crippen molar-refractivity contribution in [2.75, 3.05) is 13.7 Å². The molecule has 0 radical (unpaired) electrons. The number of alkyl halides is 6. The summed E-state index contributed by atoms with van der Waals surface area (Å²) in [5.74, 6) is -3.73. The molecule has 0 spiro atoms. The lowest BCUT2D eigenvalue weighted by Crippen LogP contribution is -2.38. The van der Waals surface area contributed by atoms with Gasteiger partial charge in [0.15, 0.2) is 0 Å². The van der Waals surface area contributed by atoms with Crippen molar-refractivity contribution in [1.29, 1.82) is 0 Å². The molecule has 0 amide bonds. The summed E-state index contributed by atoms with van der Waals surface area (Å²) in [4.78, 5) is 33.8. The maximum absolute atomic E-state index is 11.3. The van der Waals surface area contributed by atoms with Crippen LogP contribution in [0.5, 0.6) is 0 Å². The van der Waals surface area contributed by atoms with Gasteiger partial charge in [0.2, 0.25) is 6.10 Å². The van der Waals surface area contributed by atoms with Crippen molar-refractivity contribution in [3.63, 3.8) is 0 Å². The fourth-order valence-corrected chi connectivity index (χ4v) is 1.01. The average Bonchev–Trinajstić information content (AvgIpc) is 2.30. The number of ether oxygens (including phenoxy) is 3. The van der Waals surface area contributed by atoms with E-state index in [0.29, 0.717) is 0 Å². The topological polar surface area (TPSA) is 78.9 Å². The number of carbonyl (C=O) groups excluding carboxylic acids is 3. The number of hydrogen-bond donors (Lipinski definition) is 0. The van der Waals surface area contributed by atoms with Crippen molar-refractivity contribution in [1.82, 2.24) is 0 Å². The fourth-order valence-electron chi connectivity index (χ4n) is 0.711. The molecule has 0 N–H and O–H groups in total. The summed E-state index contributed by atoms with van der Waals surface area (Å²) in [6.07, 6.45) is -1.68. The zero-order chi connectivity index (χ0) is 16.1. The van der Waals surface area contributed by atoms with E-state index in [1.807, 2.05) is 0 Å². The van der Waals surface area contributed by atoms with Crippen LogP contribution >= 0.6 is 69.6 Å². The molecule has 0 rings (SSSR count). The number of methoxy groups -OCH3 is 1. The van der Waals surface area contributed by atoms with Gasteiger partial charge in [-0.15, -0.1) is 0 Å². The largest absolute Gasteiger partial charge is 0.466 e. The Balaban J connectivity index is 4.73. The highest BCUT2D eigenvalue weighted by atomic mass is 35.6. The number of carbonyl (C=O) groups is 3. The van der Waals surface area contributed by atoms with Gasteiger partial charge in [0.05, 0.1) is 7.11 Å². The average molecular weight is 411 g/mol. The van der Waals surface area contributed by atoms with Gasteiger partial charge >= 0.3 is 17.9 Å². The number of hydrogen-bond acceptors (Lipinski definition) is 6. The summed E-state index contributed by atoms with van der Waals surface area (Å²) in [6.45, 7) is -0.786. The van der Waals surface area contributed by atoms with Crippen LogP contribution in [-0.2, 0) is 28.6 Å². The third-order valence-electron chi connectivity index (χ3n) is 1.54. The van der Waals surface area contributed by atoms with Gasteiger partial charge in [-0.2, -0.15) is 0 Å². The molecule has 12 heteroatoms. The van der Waals surface area contributed by atoms with Crippen LogP contribution in [0.3, 0.4) is 0 Å². The van der Waals surface area contributed by atoms with E-state index in [1.165, 1.54) is 0 Å². The van der Waals surface area contributed by atoms with Gasteiger partial charge in [-0.1, -0.05) is 69.6 Å². The van der Waals surface area contributed by atoms with Crippen LogP contribution in [0, 0.1) is 0 Å². The third-order valence-corrected chi connectivity index (χ3v) is 2.47. The summed E-state index contributed by atoms with van der Waals surface area (Å²) in [7, 11) is 0.995. The molecule has 6 nitrogen and oxygen atoms in total. The van der Waals surface area contributed by atoms with E-state index in [2.05, 4.69) is 14.2 Å². The van der Waals surface area contributed by atoms with Crippen LogP contribution < -0.4 is 0 Å². The monoisotopic (exact) mass is 408 g/mol. The Kier molecular flexibility index (Phi) is 8.02. The molecule has 0 heterocycles. The van der Waals surface area contributed by atoms with Crippen LogP contribution in [0.15, 0.2) is 0 Å². The quantitative estimate of drug-likeness (QED) is 0.402. The summed E-state index contributed by atoms with van der Waals surface area (Å²) in [5.41, 5.74) is 0. The zero-order valence-corrected chi connectivity index (χ0v) is 14.0. The highest BCUT2D eigenvalue weighted by Gasteiger charge is 2.39. The maximum Gasteiger partial charge on any atom is 0.359 e. The van der Waals surface area contributed by atoms with Crippen molar-refractivity contribution in [2.24, 2.45) is 0 Å². The van der Waals surface area contributed by atoms with Gasteiger partial charge < -0.3 is 14.2 Å². The van der Waals surface area contributed by atoms with Gasteiger partial charge in [0.25, 0.3) is 7.59 Å². The number of rotatable bonds is 4. The first kappa shape index (κ1) is 20.1. The minimum Gasteiger partial charge on any atom is -0.466 e. The van der Waals surface area contributed by atoms with E-state index in [9.17, 15) is 14.4 Å². The standard InChI is InChI=1S/C8H6Cl6O6/c1-18-4(15)3(20-6(17)8(12,13)14)2-19-5(16)7(9,10)11/h3H,2H2,1H3/t3-/m1/s1. The van der Waals surface area contributed by atoms with E-state index in [0.717, 1.165) is 7.11 Å². The molecule has 116 valence electrons. The van der Waals surface area contributed by atoms with Gasteiger partial charge in [0, 0.05) is 0 Å². The second-order valence-corrected chi connectivity index (χ2v) is 7.57. The van der Waals surface area contributed by atoms with Crippen molar-refractivity contribution >= 4 is 87.5 Å². The minimum atomic E-state index is -2.43. The molecule has 0 saturated carbocycles. The number of esters is 3. The van der Waals surface area contributed by atoms with Crippen molar-refractivity contribution in [3.8, 4) is 0 Å². The summed E-state index contributed by atoms with van der Waals surface area (Å²) < 4.78 is 8.50. The van der Waals surface area contributed by atoms with Crippen LogP contribution in [0.25, 0.3) is 0 Å². The van der Waals surface area contributed by atoms with Crippen LogP contribution in [0.2, 0.25) is 0 Å². The molecule has 0 saturated heterocycles. The summed E-state index contributed by atoms with van der Waals surface area (Å²) in [6, 6.07) is 0. The first-order valence-electron chi connectivity index (χ1n) is 4.49. The lowest BCUT2D eigenvalue weighted by atomic mass is 10.4. The van der Waals surface area contributed by atoms with E-state index in [-0.39, 0.29) is 0 Å². The predicted molar refractivity (Wildman–Crippen MR) is 73.4 cm³/mol. The van der Waals surface area contributed by atoms with Crippen molar-refractivity contribution in [2.45, 2.75) is 13.7 Å². The van der Waals surface area contributed by atoms with E-state index >= 15 is 0 Å². The van der Waals surface area contributed by atoms with E-state index in [4.69, 9.17) is 69.6 Å². The van der Waals surface area contributed by atoms with Crippen molar-refractivity contribution < 1.29 is 28.6 Å². The molecule has 0 bridgehead atoms. The molecular weight excluding hydrogens is 405 g/mol. The molecule has 0 aromatic rings. The third kappa shape index (κ3) is 7.24. The lowest BCUT2D eigenvalue weighted by Gasteiger charge is -2.19. The van der Waals surface area contributed by atoms with Crippen LogP contribution in [-0.4, -0.2) is 45.3 Å². The maximum atomic E-state index is 11.3. The first-order chi connectivity index (χ1) is 8.89. The molecule has 0 aliphatic carbocycles. The number of halogens is 6. The van der Waals surface area contributed by atoms with Gasteiger partial charge in [-0.3, -0.25) is 0 Å². The molecular formula is C8H6Cl6O6. The zero-order valence-electron chi connectivity index (χ0n) is 9.50. The highest BCUT2D eigenvalue weighted by molar-refractivity contribution is 6.76. The SMILES string of the molecule is COC(=O)[C@@H](COC(=O)C(Cl)(Cl)Cl)OC(=O)C(Cl)(Cl)Cl. The molecule has 0 aliphatic rings. The summed E-state index contributed by atoms with van der Waals surface area (Å²) in [5, 5.41) is 0. The summed E-state index contributed by atoms with van der Waals surface area (Å²) >= 11 is 31.4. The Morgan fingerprint density at radius 2 is 1.40 bits per heavy atom. The van der Waals surface area contributed by atoms with Crippen molar-refractivity contribution in [3.05, 3.63) is 0 Å². The second kappa shape index (κ2) is 7.96. The predicted octanol–water partition coefficient (Wildman–Crippen LogP) is 2.35. The second-order valence-electron chi connectivity index (χ2n) is 3.01. The molecule has 20 heavy (non-hydrogen) atoms. The van der Waals surface area contributed by atoms with Crippen LogP contribution in [0.1, 0.15) is 0 Å². The smallest absolute Gasteiger partial charge is 0.359 e. The van der Waals surface area contributed by atoms with Gasteiger partial charge in [0.1, 0.15) is 6.61 Å². The molecule has 1 atom stereocenters. The Bertz CT molecular complexity index is 386. The Morgan fingerprint density at radius 1 is 0.950 bits per heavy atom. The molecule has 0 fully saturated rings. The molecule has 0 aromatic heterocycles. The molecule has 0 aromatic carbocycles. The molecule has 0 unspecified atom stereocenters. The van der Waals surface area contributed by atoms with E-state index in [1.54, 1.807) is 0 Å². The lowest BCUT2D eigenvalue weighted by molar-refractivity contribution is -0.172. The van der Waals surface area contributed by atoms with Gasteiger partial charge in [-0.25, -0.2) is 14.4 Å².